The number of imidazole rings is 1. The number of carbonyl (C=O) groups excluding carboxylic acids is 1. The summed E-state index contributed by atoms with van der Waals surface area (Å²) in [7, 11) is 0. The smallest absolute Gasteiger partial charge is 0.254 e. The van der Waals surface area contributed by atoms with Gasteiger partial charge in [-0.25, -0.2) is 4.98 Å². The molecule has 4 rings (SSSR count). The molecule has 3 heterocycles. The third kappa shape index (κ3) is 2.18. The van der Waals surface area contributed by atoms with E-state index in [1.807, 2.05) is 40.8 Å². The van der Waals surface area contributed by atoms with Crippen LogP contribution in [0.5, 0.6) is 0 Å². The van der Waals surface area contributed by atoms with Gasteiger partial charge >= 0.3 is 0 Å². The van der Waals surface area contributed by atoms with Gasteiger partial charge in [0.05, 0.1) is 19.5 Å². The van der Waals surface area contributed by atoms with Crippen LogP contribution in [0, 0.1) is 17.8 Å². The van der Waals surface area contributed by atoms with E-state index in [-0.39, 0.29) is 16.7 Å². The van der Waals surface area contributed by atoms with Crippen molar-refractivity contribution in [1.29, 1.82) is 0 Å². The summed E-state index contributed by atoms with van der Waals surface area (Å²) in [6.07, 6.45) is 5.42. The van der Waals surface area contributed by atoms with Crippen molar-refractivity contribution in [3.8, 4) is 5.69 Å². The fourth-order valence-electron chi connectivity index (χ4n) is 4.00. The highest BCUT2D eigenvalue weighted by molar-refractivity contribution is 5.96. The fraction of sp³-hybridized carbons (Fsp3) is 0.474. The molecule has 2 atom stereocenters. The van der Waals surface area contributed by atoms with Gasteiger partial charge in [0.2, 0.25) is 0 Å². The number of amides is 1. The van der Waals surface area contributed by atoms with Gasteiger partial charge in [0.15, 0.2) is 0 Å². The van der Waals surface area contributed by atoms with Crippen LogP contribution in [0.25, 0.3) is 5.69 Å². The number of aromatic nitrogens is 2. The normalized spacial score (nSPS) is 29.0. The monoisotopic (exact) mass is 325 g/mol. The highest BCUT2D eigenvalue weighted by atomic mass is 16.5. The molecule has 0 radical (unpaired) electrons. The minimum Gasteiger partial charge on any atom is -0.380 e. The number of likely N-dealkylation sites (tertiary alicyclic amines) is 1. The first-order chi connectivity index (χ1) is 11.4. The van der Waals surface area contributed by atoms with Crippen molar-refractivity contribution in [1.82, 2.24) is 14.5 Å². The van der Waals surface area contributed by atoms with Crippen molar-refractivity contribution in [3.05, 3.63) is 48.0 Å². The molecular weight excluding hydrogens is 302 g/mol. The molecule has 1 aromatic carbocycles. The van der Waals surface area contributed by atoms with E-state index in [2.05, 4.69) is 18.8 Å². The summed E-state index contributed by atoms with van der Waals surface area (Å²) in [4.78, 5) is 19.1. The van der Waals surface area contributed by atoms with Crippen LogP contribution in [0.1, 0.15) is 29.8 Å². The van der Waals surface area contributed by atoms with Crippen LogP contribution in [0.15, 0.2) is 36.9 Å². The standard InChI is InChI=1S/C19H23N3O2/c1-14-8-15(21-7-6-20-13-21)4-5-16(14)17(23)22-9-18(2)11-24-12-19(18,3)10-22/h4-8,13H,9-12H2,1-3H3/t18-,19+. The zero-order chi connectivity index (χ0) is 16.9. The fourth-order valence-corrected chi connectivity index (χ4v) is 4.00. The first kappa shape index (κ1) is 15.4. The number of aryl methyl sites for hydroxylation is 1. The van der Waals surface area contributed by atoms with Gasteiger partial charge in [-0.15, -0.1) is 0 Å². The predicted molar refractivity (Wildman–Crippen MR) is 91.2 cm³/mol. The molecule has 5 heteroatoms. The summed E-state index contributed by atoms with van der Waals surface area (Å²) < 4.78 is 7.63. The van der Waals surface area contributed by atoms with Crippen LogP contribution < -0.4 is 0 Å². The zero-order valence-corrected chi connectivity index (χ0v) is 14.5. The van der Waals surface area contributed by atoms with Gasteiger partial charge in [0.1, 0.15) is 0 Å². The molecule has 2 saturated heterocycles. The van der Waals surface area contributed by atoms with Crippen LogP contribution in [-0.2, 0) is 4.74 Å². The minimum absolute atomic E-state index is 0.0628. The molecule has 2 aliphatic rings. The Morgan fingerprint density at radius 2 is 1.92 bits per heavy atom. The van der Waals surface area contributed by atoms with E-state index in [9.17, 15) is 4.79 Å². The summed E-state index contributed by atoms with van der Waals surface area (Å²) in [5, 5.41) is 0. The van der Waals surface area contributed by atoms with Crippen LogP contribution in [0.4, 0.5) is 0 Å². The maximum Gasteiger partial charge on any atom is 0.254 e. The first-order valence-corrected chi connectivity index (χ1v) is 8.38. The third-order valence-electron chi connectivity index (χ3n) is 5.91. The van der Waals surface area contributed by atoms with E-state index < -0.39 is 0 Å². The number of benzene rings is 1. The summed E-state index contributed by atoms with van der Waals surface area (Å²) in [6, 6.07) is 5.95. The van der Waals surface area contributed by atoms with Crippen molar-refractivity contribution >= 4 is 5.91 Å². The highest BCUT2D eigenvalue weighted by Crippen LogP contribution is 2.50. The summed E-state index contributed by atoms with van der Waals surface area (Å²) >= 11 is 0. The summed E-state index contributed by atoms with van der Waals surface area (Å²) in [5.74, 6) is 0.126. The molecular formula is C19H23N3O2. The van der Waals surface area contributed by atoms with Crippen LogP contribution in [0.2, 0.25) is 0 Å². The second kappa shape index (κ2) is 5.18. The Morgan fingerprint density at radius 1 is 1.21 bits per heavy atom. The predicted octanol–water partition coefficient (Wildman–Crippen LogP) is 2.68. The van der Waals surface area contributed by atoms with E-state index in [0.717, 1.165) is 43.1 Å². The van der Waals surface area contributed by atoms with Crippen molar-refractivity contribution in [2.75, 3.05) is 26.3 Å². The molecule has 5 nitrogen and oxygen atoms in total. The molecule has 0 spiro atoms. The molecule has 2 fully saturated rings. The Morgan fingerprint density at radius 3 is 2.50 bits per heavy atom. The average molecular weight is 325 g/mol. The summed E-state index contributed by atoms with van der Waals surface area (Å²) in [6.45, 7) is 9.50. The van der Waals surface area contributed by atoms with Crippen molar-refractivity contribution in [2.45, 2.75) is 20.8 Å². The van der Waals surface area contributed by atoms with Crippen molar-refractivity contribution in [3.63, 3.8) is 0 Å². The first-order valence-electron chi connectivity index (χ1n) is 8.38. The Balaban J connectivity index is 1.60. The summed E-state index contributed by atoms with van der Waals surface area (Å²) in [5.41, 5.74) is 2.93. The van der Waals surface area contributed by atoms with Crippen LogP contribution in [-0.4, -0.2) is 46.7 Å². The molecule has 126 valence electrons. The Kier molecular flexibility index (Phi) is 3.32. The topological polar surface area (TPSA) is 47.4 Å². The van der Waals surface area contributed by atoms with Gasteiger partial charge in [0, 0.05) is 47.6 Å². The lowest BCUT2D eigenvalue weighted by atomic mass is 9.71. The number of hydrogen-bond acceptors (Lipinski definition) is 3. The van der Waals surface area contributed by atoms with E-state index in [0.29, 0.717) is 0 Å². The van der Waals surface area contributed by atoms with E-state index in [1.165, 1.54) is 0 Å². The SMILES string of the molecule is Cc1cc(-n2ccnc2)ccc1C(=O)N1C[C@]2(C)COC[C@]2(C)C1. The van der Waals surface area contributed by atoms with Gasteiger partial charge < -0.3 is 14.2 Å². The molecule has 0 N–H and O–H groups in total. The number of hydrogen-bond donors (Lipinski definition) is 0. The lowest BCUT2D eigenvalue weighted by molar-refractivity contribution is 0.0715. The van der Waals surface area contributed by atoms with Gasteiger partial charge in [-0.2, -0.15) is 0 Å². The number of ether oxygens (including phenoxy) is 1. The number of fused-ring (bicyclic) bond motifs is 1. The van der Waals surface area contributed by atoms with Gasteiger partial charge in [-0.05, 0) is 30.7 Å². The molecule has 0 aliphatic carbocycles. The molecule has 0 unspecified atom stereocenters. The highest BCUT2D eigenvalue weighted by Gasteiger charge is 2.57. The second-order valence-corrected chi connectivity index (χ2v) is 7.74. The van der Waals surface area contributed by atoms with Gasteiger partial charge in [-0.3, -0.25) is 4.79 Å². The van der Waals surface area contributed by atoms with Crippen molar-refractivity contribution in [2.24, 2.45) is 10.8 Å². The lowest BCUT2D eigenvalue weighted by Gasteiger charge is -2.29. The number of nitrogens with zero attached hydrogens (tertiary/aromatic N) is 3. The van der Waals surface area contributed by atoms with E-state index >= 15 is 0 Å². The van der Waals surface area contributed by atoms with E-state index in [4.69, 9.17) is 4.74 Å². The maximum absolute atomic E-state index is 13.0. The molecule has 24 heavy (non-hydrogen) atoms. The van der Waals surface area contributed by atoms with Crippen LogP contribution in [0.3, 0.4) is 0 Å². The number of carbonyl (C=O) groups is 1. The van der Waals surface area contributed by atoms with Crippen LogP contribution >= 0.6 is 0 Å². The Labute approximate surface area is 142 Å². The molecule has 1 aromatic heterocycles. The molecule has 0 saturated carbocycles. The molecule has 2 aromatic rings. The average Bonchev–Trinajstić information content (AvgIpc) is 3.20. The quantitative estimate of drug-likeness (QED) is 0.853. The van der Waals surface area contributed by atoms with Crippen molar-refractivity contribution < 1.29 is 9.53 Å². The zero-order valence-electron chi connectivity index (χ0n) is 14.5. The molecule has 1 amide bonds. The minimum atomic E-state index is 0.0628. The third-order valence-corrected chi connectivity index (χ3v) is 5.91. The maximum atomic E-state index is 13.0. The van der Waals surface area contributed by atoms with Gasteiger partial charge in [0.25, 0.3) is 5.91 Å². The number of rotatable bonds is 2. The molecule has 0 bridgehead atoms. The molecule has 2 aliphatic heterocycles. The Bertz CT molecular complexity index is 768. The lowest BCUT2D eigenvalue weighted by Crippen LogP contribution is -2.34. The van der Waals surface area contributed by atoms with Gasteiger partial charge in [-0.1, -0.05) is 13.8 Å². The largest absolute Gasteiger partial charge is 0.380 e. The Hall–Kier alpha value is -2.14. The second-order valence-electron chi connectivity index (χ2n) is 7.74. The van der Waals surface area contributed by atoms with E-state index in [1.54, 1.807) is 12.5 Å².